The number of quaternary nitrogens is 1. The van der Waals surface area contributed by atoms with E-state index in [1.54, 1.807) is 0 Å². The van der Waals surface area contributed by atoms with Gasteiger partial charge in [-0.05, 0) is 32.0 Å². The van der Waals surface area contributed by atoms with Gasteiger partial charge in [-0.25, -0.2) is 0 Å². The van der Waals surface area contributed by atoms with Gasteiger partial charge in [0, 0.05) is 12.0 Å². The van der Waals surface area contributed by atoms with Crippen LogP contribution in [0.25, 0.3) is 0 Å². The maximum absolute atomic E-state index is 12.9. The molecule has 4 nitrogen and oxygen atoms in total. The Labute approximate surface area is 150 Å². The molecular weight excluding hydrogens is 393 g/mol. The van der Waals surface area contributed by atoms with Gasteiger partial charge >= 0.3 is 0 Å². The third-order valence-corrected chi connectivity index (χ3v) is 4.71. The van der Waals surface area contributed by atoms with Gasteiger partial charge in [0.2, 0.25) is 5.78 Å². The minimum absolute atomic E-state index is 0. The number of carbonyl (C=O) groups is 1. The Hall–Kier alpha value is -0.820. The van der Waals surface area contributed by atoms with Crippen molar-refractivity contribution in [3.63, 3.8) is 0 Å². The summed E-state index contributed by atoms with van der Waals surface area (Å²) in [6.45, 7) is 9.38. The smallest absolute Gasteiger partial charge is 0.220 e. The number of carbonyl (C=O) groups excluding carboxylic acids is 1. The van der Waals surface area contributed by atoms with Crippen LogP contribution >= 0.6 is 0 Å². The van der Waals surface area contributed by atoms with Crippen LogP contribution < -0.4 is 33.5 Å². The van der Waals surface area contributed by atoms with Crippen LogP contribution in [-0.4, -0.2) is 49.7 Å². The summed E-state index contributed by atoms with van der Waals surface area (Å²) < 4.78 is 11.9. The molecule has 1 heterocycles. The first-order valence-electron chi connectivity index (χ1n) is 7.83. The summed E-state index contributed by atoms with van der Waals surface area (Å²) in [6, 6.07) is 5.52. The van der Waals surface area contributed by atoms with Crippen LogP contribution in [0.2, 0.25) is 0 Å². The topological polar surface area (TPSA) is 35.5 Å². The van der Waals surface area contributed by atoms with E-state index in [0.29, 0.717) is 19.0 Å². The lowest BCUT2D eigenvalue weighted by Crippen LogP contribution is -3.00. The second kappa shape index (κ2) is 8.15. The van der Waals surface area contributed by atoms with E-state index in [2.05, 4.69) is 27.8 Å². The van der Waals surface area contributed by atoms with Gasteiger partial charge in [0.25, 0.3) is 0 Å². The molecule has 0 N–H and O–H groups in total. The maximum atomic E-state index is 12.9. The first kappa shape index (κ1) is 19.2. The van der Waals surface area contributed by atoms with Crippen LogP contribution in [0.4, 0.5) is 0 Å². The number of Topliss-reactive ketones (excluding diaryl/α,β-unsaturated/α-hetero) is 1. The van der Waals surface area contributed by atoms with Gasteiger partial charge in [-0.15, -0.1) is 0 Å². The second-order valence-corrected chi connectivity index (χ2v) is 5.76. The molecule has 0 amide bonds. The SMILES string of the molecule is CCC(C(=O)c1ccc2c(c1)OCCO2)[N+](C)(CC)CC.[I-]. The van der Waals surface area contributed by atoms with Crippen molar-refractivity contribution in [1.82, 2.24) is 0 Å². The highest BCUT2D eigenvalue weighted by molar-refractivity contribution is 6.00. The van der Waals surface area contributed by atoms with E-state index in [0.717, 1.165) is 35.3 Å². The highest BCUT2D eigenvalue weighted by atomic mass is 127. The summed E-state index contributed by atoms with van der Waals surface area (Å²) in [5.41, 5.74) is 0.720. The van der Waals surface area contributed by atoms with Crippen LogP contribution in [-0.2, 0) is 0 Å². The zero-order valence-electron chi connectivity index (χ0n) is 13.9. The molecule has 1 aliphatic rings. The molecule has 0 spiro atoms. The first-order valence-corrected chi connectivity index (χ1v) is 7.83. The number of fused-ring (bicyclic) bond motifs is 1. The number of benzene rings is 1. The van der Waals surface area contributed by atoms with Crippen molar-refractivity contribution < 1.29 is 42.7 Å². The molecule has 124 valence electrons. The molecule has 1 unspecified atom stereocenters. The third kappa shape index (κ3) is 3.74. The van der Waals surface area contributed by atoms with Gasteiger partial charge in [0.1, 0.15) is 13.2 Å². The molecule has 0 bridgehead atoms. The molecule has 5 heteroatoms. The van der Waals surface area contributed by atoms with Crippen LogP contribution in [0.5, 0.6) is 11.5 Å². The van der Waals surface area contributed by atoms with Gasteiger partial charge < -0.3 is 37.9 Å². The second-order valence-electron chi connectivity index (χ2n) is 5.76. The Kier molecular flexibility index (Phi) is 7.12. The molecule has 22 heavy (non-hydrogen) atoms. The maximum Gasteiger partial charge on any atom is 0.220 e. The molecule has 0 aliphatic carbocycles. The molecule has 0 radical (unpaired) electrons. The number of ketones is 1. The fourth-order valence-corrected chi connectivity index (χ4v) is 2.96. The fourth-order valence-electron chi connectivity index (χ4n) is 2.96. The Bertz CT molecular complexity index is 515. The molecule has 1 aromatic rings. The molecule has 0 fully saturated rings. The van der Waals surface area contributed by atoms with Crippen LogP contribution in [0.3, 0.4) is 0 Å². The monoisotopic (exact) mass is 419 g/mol. The molecule has 1 atom stereocenters. The average Bonchev–Trinajstić information content (AvgIpc) is 2.54. The van der Waals surface area contributed by atoms with E-state index < -0.39 is 0 Å². The summed E-state index contributed by atoms with van der Waals surface area (Å²) in [7, 11) is 2.16. The highest BCUT2D eigenvalue weighted by Crippen LogP contribution is 2.32. The standard InChI is InChI=1S/C17H26NO3.HI/c1-5-14(18(4,6-2)7-3)17(19)13-8-9-15-16(12-13)21-11-10-20-15;/h8-9,12,14H,5-7,10-11H2,1-4H3;1H/q+1;/p-1. The normalized spacial score (nSPS) is 14.9. The number of rotatable bonds is 6. The summed E-state index contributed by atoms with van der Waals surface area (Å²) in [6.07, 6.45) is 0.839. The lowest BCUT2D eigenvalue weighted by atomic mass is 9.98. The van der Waals surface area contributed by atoms with E-state index in [-0.39, 0.29) is 35.8 Å². The van der Waals surface area contributed by atoms with Crippen molar-refractivity contribution in [2.24, 2.45) is 0 Å². The van der Waals surface area contributed by atoms with E-state index in [4.69, 9.17) is 9.47 Å². The summed E-state index contributed by atoms with van der Waals surface area (Å²) in [5.74, 6) is 1.61. The number of likely N-dealkylation sites (N-methyl/N-ethyl adjacent to an activating group) is 1. The van der Waals surface area contributed by atoms with Gasteiger partial charge in [-0.1, -0.05) is 6.92 Å². The lowest BCUT2D eigenvalue weighted by molar-refractivity contribution is -0.920. The van der Waals surface area contributed by atoms with Gasteiger partial charge in [0.05, 0.1) is 20.1 Å². The zero-order chi connectivity index (χ0) is 15.5. The van der Waals surface area contributed by atoms with Crippen LogP contribution in [0.15, 0.2) is 18.2 Å². The fraction of sp³-hybridized carbons (Fsp3) is 0.588. The Morgan fingerprint density at radius 2 is 1.73 bits per heavy atom. The van der Waals surface area contributed by atoms with Crippen molar-refractivity contribution >= 4 is 5.78 Å². The van der Waals surface area contributed by atoms with Gasteiger partial charge in [-0.3, -0.25) is 4.79 Å². The molecule has 1 aromatic carbocycles. The molecule has 1 aliphatic heterocycles. The Balaban J connectivity index is 0.00000242. The predicted octanol–water partition coefficient (Wildman–Crippen LogP) is -0.0905. The highest BCUT2D eigenvalue weighted by Gasteiger charge is 2.35. The van der Waals surface area contributed by atoms with Gasteiger partial charge in [-0.2, -0.15) is 0 Å². The summed E-state index contributed by atoms with van der Waals surface area (Å²) >= 11 is 0. The minimum atomic E-state index is -0.0115. The first-order chi connectivity index (χ1) is 10.1. The molecule has 0 saturated carbocycles. The largest absolute Gasteiger partial charge is 1.00 e. The molecular formula is C17H26INO3. The Morgan fingerprint density at radius 1 is 1.14 bits per heavy atom. The van der Waals surface area contributed by atoms with Crippen molar-refractivity contribution in [1.29, 1.82) is 0 Å². The number of ether oxygens (including phenoxy) is 2. The molecule has 2 rings (SSSR count). The zero-order valence-corrected chi connectivity index (χ0v) is 16.1. The van der Waals surface area contributed by atoms with E-state index in [1.807, 2.05) is 18.2 Å². The number of hydrogen-bond acceptors (Lipinski definition) is 3. The van der Waals surface area contributed by atoms with E-state index >= 15 is 0 Å². The predicted molar refractivity (Wildman–Crippen MR) is 83.1 cm³/mol. The third-order valence-electron chi connectivity index (χ3n) is 4.71. The van der Waals surface area contributed by atoms with Crippen molar-refractivity contribution in [3.8, 4) is 11.5 Å². The van der Waals surface area contributed by atoms with Gasteiger partial charge in [0.15, 0.2) is 17.5 Å². The number of halogens is 1. The van der Waals surface area contributed by atoms with Crippen molar-refractivity contribution in [3.05, 3.63) is 23.8 Å². The number of nitrogens with zero attached hydrogens (tertiary/aromatic N) is 1. The van der Waals surface area contributed by atoms with Crippen LogP contribution in [0.1, 0.15) is 37.6 Å². The Morgan fingerprint density at radius 3 is 2.27 bits per heavy atom. The molecule has 0 aromatic heterocycles. The van der Waals surface area contributed by atoms with Crippen LogP contribution in [0, 0.1) is 0 Å². The summed E-state index contributed by atoms with van der Waals surface area (Å²) in [4.78, 5) is 12.9. The van der Waals surface area contributed by atoms with E-state index in [9.17, 15) is 4.79 Å². The minimum Gasteiger partial charge on any atom is -1.00 e. The molecule has 0 saturated heterocycles. The summed E-state index contributed by atoms with van der Waals surface area (Å²) in [5, 5.41) is 0. The average molecular weight is 419 g/mol. The van der Waals surface area contributed by atoms with Crippen molar-refractivity contribution in [2.75, 3.05) is 33.4 Å². The van der Waals surface area contributed by atoms with E-state index in [1.165, 1.54) is 0 Å². The quantitative estimate of drug-likeness (QED) is 0.368. The number of hydrogen-bond donors (Lipinski definition) is 0. The lowest BCUT2D eigenvalue weighted by Gasteiger charge is -2.39. The van der Waals surface area contributed by atoms with Crippen molar-refractivity contribution in [2.45, 2.75) is 33.2 Å².